The molecule has 45 heavy (non-hydrogen) atoms. The Morgan fingerprint density at radius 3 is 2.00 bits per heavy atom. The summed E-state index contributed by atoms with van der Waals surface area (Å²) in [4.78, 5) is 27.4. The van der Waals surface area contributed by atoms with Gasteiger partial charge >= 0.3 is 12.4 Å². The van der Waals surface area contributed by atoms with Crippen molar-refractivity contribution in [3.8, 4) is 5.75 Å². The van der Waals surface area contributed by atoms with Crippen molar-refractivity contribution in [2.24, 2.45) is 17.8 Å². The molecule has 1 aliphatic carbocycles. The monoisotopic (exact) mass is 639 g/mol. The number of benzene rings is 2. The van der Waals surface area contributed by atoms with Crippen LogP contribution in [0.1, 0.15) is 67.3 Å². The third-order valence-electron chi connectivity index (χ3n) is 8.79. The van der Waals surface area contributed by atoms with E-state index in [1.165, 1.54) is 0 Å². The zero-order valence-electron chi connectivity index (χ0n) is 25.2. The van der Waals surface area contributed by atoms with Crippen LogP contribution in [0, 0.1) is 31.6 Å². The molecule has 4 rings (SSSR count). The highest BCUT2D eigenvalue weighted by Gasteiger charge is 2.55. The predicted octanol–water partition coefficient (Wildman–Crippen LogP) is 7.12. The van der Waals surface area contributed by atoms with Crippen LogP contribution in [-0.2, 0) is 21.9 Å². The molecule has 0 saturated carbocycles. The molecule has 2 aliphatic rings. The van der Waals surface area contributed by atoms with Crippen LogP contribution in [0.15, 0.2) is 47.1 Å². The lowest BCUT2D eigenvalue weighted by atomic mass is 9.68. The van der Waals surface area contributed by atoms with Crippen molar-refractivity contribution >= 4 is 23.6 Å². The van der Waals surface area contributed by atoms with Crippen molar-refractivity contribution in [2.45, 2.75) is 71.8 Å². The Balaban J connectivity index is 1.62. The van der Waals surface area contributed by atoms with Gasteiger partial charge in [-0.2, -0.15) is 26.3 Å². The SMILES string of the molecule is CC/C(=C\c1cc(C)c(O)c(C)c1)CC[C@@H](O)C1=C(C)C[C@H]2C(=O)N(c3cc(C(F)(F)F)cc(C(F)(F)F)c3)C(=O)[C@H]2[C@H]1CO. The molecule has 2 amide bonds. The highest BCUT2D eigenvalue weighted by Crippen LogP contribution is 2.48. The summed E-state index contributed by atoms with van der Waals surface area (Å²) in [7, 11) is 0. The van der Waals surface area contributed by atoms with Crippen LogP contribution in [0.2, 0.25) is 0 Å². The Bertz CT molecular complexity index is 1500. The number of amides is 2. The molecular formula is C33H35F6NO5. The Labute approximate surface area is 256 Å². The van der Waals surface area contributed by atoms with Gasteiger partial charge in [0.1, 0.15) is 5.75 Å². The standard InChI is InChI=1S/C33H35F6NO5/c1-5-19(11-20-8-17(3)29(43)18(4)9-20)6-7-26(42)27-16(2)10-24-28(25(27)15-41)31(45)40(30(24)44)23-13-21(32(34,35)36)12-22(14-23)33(37,38)39/h8-9,11-14,24-26,28,41-43H,5-7,10,15H2,1-4H3/b19-11+/t24-,25+,26-,28-/m1/s1. The second-order valence-electron chi connectivity index (χ2n) is 11.9. The number of alkyl halides is 6. The number of halogens is 6. The quantitative estimate of drug-likeness (QED) is 0.162. The summed E-state index contributed by atoms with van der Waals surface area (Å²) in [6.45, 7) is 6.47. The molecule has 2 aromatic rings. The number of rotatable bonds is 8. The number of aryl methyl sites for hydroxylation is 2. The van der Waals surface area contributed by atoms with E-state index in [1.54, 1.807) is 20.8 Å². The van der Waals surface area contributed by atoms with E-state index in [9.17, 15) is 51.3 Å². The van der Waals surface area contributed by atoms with E-state index in [0.29, 0.717) is 52.1 Å². The van der Waals surface area contributed by atoms with Gasteiger partial charge in [-0.05, 0) is 99.0 Å². The fourth-order valence-corrected chi connectivity index (χ4v) is 6.58. The highest BCUT2D eigenvalue weighted by atomic mass is 19.4. The van der Waals surface area contributed by atoms with Crippen molar-refractivity contribution in [2.75, 3.05) is 11.5 Å². The maximum atomic E-state index is 13.6. The van der Waals surface area contributed by atoms with Crippen LogP contribution in [0.4, 0.5) is 32.0 Å². The van der Waals surface area contributed by atoms with Crippen molar-refractivity contribution in [1.82, 2.24) is 0 Å². The largest absolute Gasteiger partial charge is 0.507 e. The molecule has 1 heterocycles. The molecule has 0 aromatic heterocycles. The van der Waals surface area contributed by atoms with Gasteiger partial charge in [0.05, 0.1) is 41.4 Å². The van der Waals surface area contributed by atoms with Gasteiger partial charge in [-0.25, -0.2) is 4.90 Å². The van der Waals surface area contributed by atoms with E-state index in [4.69, 9.17) is 0 Å². The summed E-state index contributed by atoms with van der Waals surface area (Å²) in [5.41, 5.74) is -0.0318. The molecule has 0 spiro atoms. The predicted molar refractivity (Wildman–Crippen MR) is 155 cm³/mol. The van der Waals surface area contributed by atoms with Crippen LogP contribution >= 0.6 is 0 Å². The molecular weight excluding hydrogens is 604 g/mol. The second kappa shape index (κ2) is 12.6. The number of fused-ring (bicyclic) bond motifs is 1. The highest BCUT2D eigenvalue weighted by molar-refractivity contribution is 6.22. The van der Waals surface area contributed by atoms with Crippen LogP contribution in [0.3, 0.4) is 0 Å². The van der Waals surface area contributed by atoms with E-state index in [0.717, 1.165) is 11.1 Å². The van der Waals surface area contributed by atoms with Crippen LogP contribution in [0.5, 0.6) is 5.75 Å². The molecule has 4 atom stereocenters. The van der Waals surface area contributed by atoms with E-state index >= 15 is 0 Å². The average molecular weight is 640 g/mol. The zero-order chi connectivity index (χ0) is 33.6. The molecule has 6 nitrogen and oxygen atoms in total. The topological polar surface area (TPSA) is 98.1 Å². The number of phenolic OH excluding ortho intramolecular Hbond substituents is 1. The lowest BCUT2D eigenvalue weighted by molar-refractivity contribution is -0.143. The van der Waals surface area contributed by atoms with E-state index < -0.39 is 71.4 Å². The van der Waals surface area contributed by atoms with Gasteiger partial charge in [0.15, 0.2) is 0 Å². The van der Waals surface area contributed by atoms with Gasteiger partial charge in [0.25, 0.3) is 0 Å². The molecule has 244 valence electrons. The average Bonchev–Trinajstić information content (AvgIpc) is 3.20. The fourth-order valence-electron chi connectivity index (χ4n) is 6.58. The van der Waals surface area contributed by atoms with Crippen molar-refractivity contribution in [3.63, 3.8) is 0 Å². The number of aromatic hydroxyl groups is 1. The van der Waals surface area contributed by atoms with Gasteiger partial charge in [-0.3, -0.25) is 9.59 Å². The van der Waals surface area contributed by atoms with Crippen LogP contribution in [0.25, 0.3) is 6.08 Å². The molecule has 1 aliphatic heterocycles. The number of phenols is 1. The first kappa shape index (κ1) is 34.2. The second-order valence-corrected chi connectivity index (χ2v) is 11.9. The van der Waals surface area contributed by atoms with Gasteiger partial charge in [-0.15, -0.1) is 0 Å². The third-order valence-corrected chi connectivity index (χ3v) is 8.79. The summed E-state index contributed by atoms with van der Waals surface area (Å²) in [6.07, 6.45) is -8.31. The Kier molecular flexibility index (Phi) is 9.61. The molecule has 3 N–H and O–H groups in total. The smallest absolute Gasteiger partial charge is 0.416 e. The molecule has 1 saturated heterocycles. The van der Waals surface area contributed by atoms with Crippen LogP contribution < -0.4 is 4.90 Å². The van der Waals surface area contributed by atoms with Gasteiger partial charge < -0.3 is 15.3 Å². The molecule has 0 radical (unpaired) electrons. The van der Waals surface area contributed by atoms with Crippen molar-refractivity contribution in [1.29, 1.82) is 0 Å². The van der Waals surface area contributed by atoms with Crippen molar-refractivity contribution in [3.05, 3.63) is 74.9 Å². The van der Waals surface area contributed by atoms with E-state index in [1.807, 2.05) is 25.1 Å². The summed E-state index contributed by atoms with van der Waals surface area (Å²) in [5, 5.41) is 31.7. The Morgan fingerprint density at radius 1 is 0.956 bits per heavy atom. The minimum absolute atomic E-state index is 0.0533. The first-order valence-corrected chi connectivity index (χ1v) is 14.5. The first-order chi connectivity index (χ1) is 20.9. The maximum Gasteiger partial charge on any atom is 0.416 e. The number of hydrogen-bond acceptors (Lipinski definition) is 5. The minimum atomic E-state index is -5.18. The number of aliphatic hydroxyl groups is 2. The Hall–Kier alpha value is -3.64. The number of anilines is 1. The maximum absolute atomic E-state index is 13.6. The normalized spacial score (nSPS) is 21.9. The number of allylic oxidation sites excluding steroid dienone is 2. The summed E-state index contributed by atoms with van der Waals surface area (Å²) >= 11 is 0. The molecule has 2 aromatic carbocycles. The van der Waals surface area contributed by atoms with Gasteiger partial charge in [-0.1, -0.05) is 24.1 Å². The molecule has 1 fully saturated rings. The summed E-state index contributed by atoms with van der Waals surface area (Å²) < 4.78 is 81.1. The van der Waals surface area contributed by atoms with E-state index in [2.05, 4.69) is 0 Å². The molecule has 12 heteroatoms. The van der Waals surface area contributed by atoms with E-state index in [-0.39, 0.29) is 24.7 Å². The van der Waals surface area contributed by atoms with Gasteiger partial charge in [0, 0.05) is 5.92 Å². The number of carbonyl (C=O) groups is 2. The number of imide groups is 1. The minimum Gasteiger partial charge on any atom is -0.507 e. The van der Waals surface area contributed by atoms with Crippen molar-refractivity contribution < 1.29 is 51.3 Å². The Morgan fingerprint density at radius 2 is 1.51 bits per heavy atom. The number of carbonyl (C=O) groups excluding carboxylic acids is 2. The van der Waals surface area contributed by atoms with Crippen LogP contribution in [-0.4, -0.2) is 39.8 Å². The lowest BCUT2D eigenvalue weighted by Gasteiger charge is -2.35. The number of hydrogen-bond donors (Lipinski definition) is 3. The molecule has 0 unspecified atom stereocenters. The fraction of sp³-hybridized carbons (Fsp3) is 0.455. The number of nitrogens with zero attached hydrogens (tertiary/aromatic N) is 1. The van der Waals surface area contributed by atoms with Gasteiger partial charge in [0.2, 0.25) is 11.8 Å². The lowest BCUT2D eigenvalue weighted by Crippen LogP contribution is -2.38. The first-order valence-electron chi connectivity index (χ1n) is 14.5. The summed E-state index contributed by atoms with van der Waals surface area (Å²) in [5.74, 6) is -5.24. The number of aliphatic hydroxyl groups excluding tert-OH is 2. The molecule has 0 bridgehead atoms. The third kappa shape index (κ3) is 6.81. The zero-order valence-corrected chi connectivity index (χ0v) is 25.2. The summed E-state index contributed by atoms with van der Waals surface area (Å²) in [6, 6.07) is 4.26.